The van der Waals surface area contributed by atoms with Crippen LogP contribution in [0.5, 0.6) is 0 Å². The smallest absolute Gasteiger partial charge is 0.393 e. The van der Waals surface area contributed by atoms with Crippen LogP contribution < -0.4 is 0 Å². The minimum atomic E-state index is -2.63. The fraction of sp³-hybridized carbons (Fsp3) is 0.889. The first-order chi connectivity index (χ1) is 7.55. The largest absolute Gasteiger partial charge is 0.500 e. The summed E-state index contributed by atoms with van der Waals surface area (Å²) in [5.74, 6) is -0.381. The van der Waals surface area contributed by atoms with Crippen LogP contribution in [0.3, 0.4) is 0 Å². The molecule has 6 nitrogen and oxygen atoms in total. The maximum Gasteiger partial charge on any atom is 0.500 e. The summed E-state index contributed by atoms with van der Waals surface area (Å²) in [4.78, 5) is 11.2. The van der Waals surface area contributed by atoms with Gasteiger partial charge in [0.05, 0.1) is 6.61 Å². The SMILES string of the molecule is CO[Si](CCCC(=O)C(O)CO)(OC)OC. The zero-order chi connectivity index (χ0) is 12.6. The van der Waals surface area contributed by atoms with Crippen LogP contribution in [0, 0.1) is 0 Å². The number of carbonyl (C=O) groups is 1. The highest BCUT2D eigenvalue weighted by molar-refractivity contribution is 6.60. The lowest BCUT2D eigenvalue weighted by Gasteiger charge is -2.24. The van der Waals surface area contributed by atoms with Crippen molar-refractivity contribution >= 4 is 14.6 Å². The highest BCUT2D eigenvalue weighted by atomic mass is 28.4. The predicted molar refractivity (Wildman–Crippen MR) is 58.9 cm³/mol. The number of ketones is 1. The molecule has 0 fully saturated rings. The summed E-state index contributed by atoms with van der Waals surface area (Å²) >= 11 is 0. The van der Waals surface area contributed by atoms with Crippen molar-refractivity contribution in [3.05, 3.63) is 0 Å². The van der Waals surface area contributed by atoms with E-state index in [2.05, 4.69) is 0 Å². The molecular weight excluding hydrogens is 232 g/mol. The van der Waals surface area contributed by atoms with Crippen LogP contribution in [0.15, 0.2) is 0 Å². The van der Waals surface area contributed by atoms with Gasteiger partial charge in [0.2, 0.25) is 0 Å². The van der Waals surface area contributed by atoms with Gasteiger partial charge < -0.3 is 23.5 Å². The van der Waals surface area contributed by atoms with Gasteiger partial charge in [-0.15, -0.1) is 0 Å². The Hall–Kier alpha value is -0.313. The maximum atomic E-state index is 11.2. The van der Waals surface area contributed by atoms with Crippen LogP contribution in [0.1, 0.15) is 12.8 Å². The van der Waals surface area contributed by atoms with E-state index in [-0.39, 0.29) is 12.2 Å². The fourth-order valence-electron chi connectivity index (χ4n) is 1.30. The Morgan fingerprint density at radius 2 is 1.75 bits per heavy atom. The Balaban J connectivity index is 4.00. The molecule has 0 radical (unpaired) electrons. The first-order valence-electron chi connectivity index (χ1n) is 5.02. The van der Waals surface area contributed by atoms with Crippen molar-refractivity contribution in [1.82, 2.24) is 0 Å². The van der Waals surface area contributed by atoms with Gasteiger partial charge in [-0.3, -0.25) is 4.79 Å². The fourth-order valence-corrected chi connectivity index (χ4v) is 3.03. The molecule has 0 spiro atoms. The molecule has 0 rings (SSSR count). The van der Waals surface area contributed by atoms with Gasteiger partial charge in [0.25, 0.3) is 0 Å². The van der Waals surface area contributed by atoms with Crippen LogP contribution in [0.4, 0.5) is 0 Å². The van der Waals surface area contributed by atoms with Crippen LogP contribution in [-0.4, -0.2) is 58.8 Å². The summed E-state index contributed by atoms with van der Waals surface area (Å²) in [6.45, 7) is -0.541. The van der Waals surface area contributed by atoms with Crippen molar-refractivity contribution in [1.29, 1.82) is 0 Å². The quantitative estimate of drug-likeness (QED) is 0.542. The molecule has 16 heavy (non-hydrogen) atoms. The standard InChI is InChI=1S/C9H20O6Si/c1-13-16(14-2,15-3)6-4-5-8(11)9(12)7-10/h9-10,12H,4-7H2,1-3H3. The van der Waals surface area contributed by atoms with Gasteiger partial charge in [-0.25, -0.2) is 0 Å². The number of Topliss-reactive ketones (excluding diaryl/α,β-unsaturated/α-hetero) is 1. The summed E-state index contributed by atoms with van der Waals surface area (Å²) in [5, 5.41) is 17.6. The molecule has 0 bridgehead atoms. The first kappa shape index (κ1) is 15.7. The van der Waals surface area contributed by atoms with E-state index in [0.29, 0.717) is 12.5 Å². The van der Waals surface area contributed by atoms with E-state index >= 15 is 0 Å². The number of hydrogen-bond acceptors (Lipinski definition) is 6. The molecule has 2 N–H and O–H groups in total. The number of aliphatic hydroxyl groups is 2. The molecule has 0 aromatic carbocycles. The molecule has 0 heterocycles. The summed E-state index contributed by atoms with van der Waals surface area (Å²) < 4.78 is 15.5. The van der Waals surface area contributed by atoms with Crippen molar-refractivity contribution < 1.29 is 28.3 Å². The highest BCUT2D eigenvalue weighted by Crippen LogP contribution is 2.16. The Kier molecular flexibility index (Phi) is 7.72. The van der Waals surface area contributed by atoms with E-state index in [1.165, 1.54) is 21.3 Å². The third-order valence-electron chi connectivity index (χ3n) is 2.38. The van der Waals surface area contributed by atoms with Gasteiger partial charge in [0.15, 0.2) is 5.78 Å². The third-order valence-corrected chi connectivity index (χ3v) is 5.22. The van der Waals surface area contributed by atoms with Crippen LogP contribution >= 0.6 is 0 Å². The maximum absolute atomic E-state index is 11.2. The molecule has 7 heteroatoms. The monoisotopic (exact) mass is 252 g/mol. The van der Waals surface area contributed by atoms with Gasteiger partial charge in [-0.1, -0.05) is 0 Å². The average molecular weight is 252 g/mol. The highest BCUT2D eigenvalue weighted by Gasteiger charge is 2.37. The second kappa shape index (κ2) is 7.88. The molecular formula is C9H20O6Si. The second-order valence-electron chi connectivity index (χ2n) is 3.31. The van der Waals surface area contributed by atoms with Gasteiger partial charge in [0, 0.05) is 33.8 Å². The van der Waals surface area contributed by atoms with E-state index < -0.39 is 21.5 Å². The average Bonchev–Trinajstić information content (AvgIpc) is 2.34. The Labute approximate surface area is 96.5 Å². The molecule has 0 aliphatic heterocycles. The van der Waals surface area contributed by atoms with Crippen molar-refractivity contribution in [3.8, 4) is 0 Å². The minimum absolute atomic E-state index is 0.173. The lowest BCUT2D eigenvalue weighted by atomic mass is 10.1. The van der Waals surface area contributed by atoms with Crippen LogP contribution in [0.25, 0.3) is 0 Å². The van der Waals surface area contributed by atoms with Crippen molar-refractivity contribution in [2.75, 3.05) is 27.9 Å². The van der Waals surface area contributed by atoms with Gasteiger partial charge in [-0.2, -0.15) is 0 Å². The number of rotatable bonds is 9. The molecule has 0 aliphatic carbocycles. The van der Waals surface area contributed by atoms with Crippen molar-refractivity contribution in [3.63, 3.8) is 0 Å². The van der Waals surface area contributed by atoms with Crippen LogP contribution in [-0.2, 0) is 18.1 Å². The summed E-state index contributed by atoms with van der Waals surface area (Å²) in [5.41, 5.74) is 0. The number of carbonyl (C=O) groups excluding carboxylic acids is 1. The van der Waals surface area contributed by atoms with E-state index in [1.54, 1.807) is 0 Å². The second-order valence-corrected chi connectivity index (χ2v) is 6.40. The van der Waals surface area contributed by atoms with E-state index in [1.807, 2.05) is 0 Å². The first-order valence-corrected chi connectivity index (χ1v) is 6.95. The lowest BCUT2D eigenvalue weighted by molar-refractivity contribution is -0.128. The zero-order valence-corrected chi connectivity index (χ0v) is 10.9. The Morgan fingerprint density at radius 1 is 1.25 bits per heavy atom. The molecule has 0 aromatic heterocycles. The molecule has 0 aliphatic rings. The van der Waals surface area contributed by atoms with E-state index in [4.69, 9.17) is 23.5 Å². The van der Waals surface area contributed by atoms with Gasteiger partial charge >= 0.3 is 8.80 Å². The molecule has 1 unspecified atom stereocenters. The third kappa shape index (κ3) is 4.68. The summed E-state index contributed by atoms with van der Waals surface area (Å²) in [6.07, 6.45) is -0.617. The molecule has 96 valence electrons. The number of hydrogen-bond donors (Lipinski definition) is 2. The van der Waals surface area contributed by atoms with Crippen LogP contribution in [0.2, 0.25) is 6.04 Å². The Bertz CT molecular complexity index is 198. The molecule has 0 amide bonds. The topological polar surface area (TPSA) is 85.2 Å². The van der Waals surface area contributed by atoms with Crippen molar-refractivity contribution in [2.24, 2.45) is 0 Å². The van der Waals surface area contributed by atoms with Gasteiger partial charge in [-0.05, 0) is 6.42 Å². The number of aliphatic hydroxyl groups excluding tert-OH is 2. The molecule has 0 aromatic rings. The Morgan fingerprint density at radius 3 is 2.12 bits per heavy atom. The van der Waals surface area contributed by atoms with Crippen molar-refractivity contribution in [2.45, 2.75) is 25.0 Å². The van der Waals surface area contributed by atoms with E-state index in [0.717, 1.165) is 0 Å². The normalized spacial score (nSPS) is 13.8. The summed E-state index contributed by atoms with van der Waals surface area (Å²) in [7, 11) is 1.89. The molecule has 0 saturated heterocycles. The zero-order valence-electron chi connectivity index (χ0n) is 9.93. The summed E-state index contributed by atoms with van der Waals surface area (Å²) in [6, 6.07) is 0.500. The predicted octanol–water partition coefficient (Wildman–Crippen LogP) is -0.433. The molecule has 0 saturated carbocycles. The van der Waals surface area contributed by atoms with Gasteiger partial charge in [0.1, 0.15) is 6.10 Å². The molecule has 1 atom stereocenters. The minimum Gasteiger partial charge on any atom is -0.393 e. The van der Waals surface area contributed by atoms with E-state index in [9.17, 15) is 4.79 Å². The lowest BCUT2D eigenvalue weighted by Crippen LogP contribution is -2.42.